The molecule has 0 spiro atoms. The quantitative estimate of drug-likeness (QED) is 0.322. The molecule has 0 amide bonds. The van der Waals surface area contributed by atoms with E-state index in [0.717, 1.165) is 67.0 Å². The van der Waals surface area contributed by atoms with E-state index in [1.807, 2.05) is 12.1 Å². The highest BCUT2D eigenvalue weighted by atomic mass is 15.5. The molecule has 5 aromatic rings. The minimum Gasteiger partial charge on any atom is -0.264 e. The number of rotatable bonds is 10. The van der Waals surface area contributed by atoms with Gasteiger partial charge in [-0.25, -0.2) is 14.8 Å². The molecule has 3 aromatic heterocycles. The first kappa shape index (κ1) is 22.6. The van der Waals surface area contributed by atoms with Crippen LogP contribution in [0, 0.1) is 0 Å². The van der Waals surface area contributed by atoms with Crippen LogP contribution in [0.4, 0.5) is 0 Å². The largest absolute Gasteiger partial charge is 0.264 e. The number of nitrogens with one attached hydrogen (secondary N) is 1. The average Bonchev–Trinajstić information content (AvgIpc) is 3.58. The molecule has 0 saturated carbocycles. The second-order valence-electron chi connectivity index (χ2n) is 8.55. The summed E-state index contributed by atoms with van der Waals surface area (Å²) < 4.78 is 2.09. The second-order valence-corrected chi connectivity index (χ2v) is 8.55. The molecule has 8 heteroatoms. The molecule has 0 aliphatic rings. The molecule has 8 nitrogen and oxygen atoms in total. The number of tetrazole rings is 1. The molecule has 35 heavy (non-hydrogen) atoms. The fraction of sp³-hybridized carbons (Fsp3) is 0.259. The first-order valence-corrected chi connectivity index (χ1v) is 12.0. The van der Waals surface area contributed by atoms with Gasteiger partial charge in [-0.05, 0) is 51.6 Å². The molecule has 2 aromatic carbocycles. The van der Waals surface area contributed by atoms with Crippen LogP contribution in [0.15, 0.2) is 73.1 Å². The number of hydrogen-bond acceptors (Lipinski definition) is 6. The van der Waals surface area contributed by atoms with E-state index >= 15 is 0 Å². The van der Waals surface area contributed by atoms with E-state index in [1.165, 1.54) is 11.1 Å². The summed E-state index contributed by atoms with van der Waals surface area (Å²) in [5.41, 5.74) is 5.49. The van der Waals surface area contributed by atoms with E-state index in [0.29, 0.717) is 5.82 Å². The van der Waals surface area contributed by atoms with E-state index in [-0.39, 0.29) is 0 Å². The number of aryl methyl sites for hydroxylation is 3. The number of benzene rings is 2. The van der Waals surface area contributed by atoms with E-state index < -0.39 is 0 Å². The van der Waals surface area contributed by atoms with Crippen molar-refractivity contribution in [1.82, 2.24) is 40.4 Å². The van der Waals surface area contributed by atoms with Crippen LogP contribution in [-0.2, 0) is 25.8 Å². The van der Waals surface area contributed by atoms with Crippen molar-refractivity contribution in [2.75, 3.05) is 0 Å². The van der Waals surface area contributed by atoms with Gasteiger partial charge in [-0.3, -0.25) is 4.98 Å². The Hall–Kier alpha value is -4.20. The standard InChI is InChI=1S/C27H28N8/c1-2-3-17-35-26(29-25(32-35)14-11-20-7-5-4-6-8-20)18-21-9-12-22(13-10-21)23-15-16-28-19-24(23)27-30-33-34-31-27/h4-10,12-13,15-16,19H,2-3,11,14,17-18H2,1H3,(H,30,31,33,34). The molecule has 5 rings (SSSR count). The summed E-state index contributed by atoms with van der Waals surface area (Å²) in [4.78, 5) is 9.16. The van der Waals surface area contributed by atoms with E-state index in [4.69, 9.17) is 10.1 Å². The fourth-order valence-corrected chi connectivity index (χ4v) is 4.14. The Labute approximate surface area is 204 Å². The van der Waals surface area contributed by atoms with Gasteiger partial charge in [0, 0.05) is 37.3 Å². The third-order valence-corrected chi connectivity index (χ3v) is 6.04. The molecule has 0 aliphatic heterocycles. The lowest BCUT2D eigenvalue weighted by Crippen LogP contribution is -2.06. The monoisotopic (exact) mass is 464 g/mol. The summed E-state index contributed by atoms with van der Waals surface area (Å²) in [6.07, 6.45) is 8.31. The summed E-state index contributed by atoms with van der Waals surface area (Å²) in [6, 6.07) is 21.1. The van der Waals surface area contributed by atoms with E-state index in [9.17, 15) is 0 Å². The zero-order valence-corrected chi connectivity index (χ0v) is 19.8. The summed E-state index contributed by atoms with van der Waals surface area (Å²) >= 11 is 0. The van der Waals surface area contributed by atoms with Crippen LogP contribution in [0.1, 0.15) is 42.5 Å². The molecule has 176 valence electrons. The molecule has 0 saturated heterocycles. The van der Waals surface area contributed by atoms with Crippen LogP contribution in [0.3, 0.4) is 0 Å². The molecular weight excluding hydrogens is 436 g/mol. The van der Waals surface area contributed by atoms with Gasteiger partial charge >= 0.3 is 0 Å². The molecule has 0 bridgehead atoms. The Morgan fingerprint density at radius 2 is 1.74 bits per heavy atom. The third-order valence-electron chi connectivity index (χ3n) is 6.04. The Bertz CT molecular complexity index is 1340. The number of pyridine rings is 1. The molecule has 0 atom stereocenters. The smallest absolute Gasteiger partial charge is 0.181 e. The van der Waals surface area contributed by atoms with Gasteiger partial charge in [0.1, 0.15) is 5.82 Å². The SMILES string of the molecule is CCCCn1nc(CCc2ccccc2)nc1Cc1ccc(-c2ccncc2-c2nnn[nH]2)cc1. The van der Waals surface area contributed by atoms with Gasteiger partial charge in [0.2, 0.25) is 0 Å². The summed E-state index contributed by atoms with van der Waals surface area (Å²) in [5, 5.41) is 19.1. The molecule has 0 radical (unpaired) electrons. The maximum absolute atomic E-state index is 4.92. The first-order chi connectivity index (χ1) is 17.3. The highest BCUT2D eigenvalue weighted by molar-refractivity contribution is 5.79. The topological polar surface area (TPSA) is 98.1 Å². The third kappa shape index (κ3) is 5.48. The van der Waals surface area contributed by atoms with Crippen molar-refractivity contribution in [2.24, 2.45) is 0 Å². The summed E-state index contributed by atoms with van der Waals surface area (Å²) in [7, 11) is 0. The van der Waals surface area contributed by atoms with Gasteiger partial charge in [-0.2, -0.15) is 5.10 Å². The predicted octanol–water partition coefficient (Wildman–Crippen LogP) is 4.70. The van der Waals surface area contributed by atoms with E-state index in [2.05, 4.69) is 85.7 Å². The van der Waals surface area contributed by atoms with Crippen LogP contribution in [-0.4, -0.2) is 40.4 Å². The molecule has 0 aliphatic carbocycles. The van der Waals surface area contributed by atoms with Crippen molar-refractivity contribution in [1.29, 1.82) is 0 Å². The van der Waals surface area contributed by atoms with Gasteiger partial charge in [0.25, 0.3) is 0 Å². The predicted molar refractivity (Wildman–Crippen MR) is 134 cm³/mol. The number of nitrogens with zero attached hydrogens (tertiary/aromatic N) is 7. The van der Waals surface area contributed by atoms with Gasteiger partial charge in [-0.15, -0.1) is 5.10 Å². The highest BCUT2D eigenvalue weighted by Crippen LogP contribution is 2.29. The Kier molecular flexibility index (Phi) is 6.98. The van der Waals surface area contributed by atoms with Crippen molar-refractivity contribution in [3.05, 3.63) is 95.8 Å². The Balaban J connectivity index is 1.34. The Morgan fingerprint density at radius 3 is 2.51 bits per heavy atom. The van der Waals surface area contributed by atoms with Crippen molar-refractivity contribution in [3.63, 3.8) is 0 Å². The van der Waals surface area contributed by atoms with Gasteiger partial charge in [-0.1, -0.05) is 67.9 Å². The molecule has 0 unspecified atom stereocenters. The van der Waals surface area contributed by atoms with Crippen molar-refractivity contribution >= 4 is 0 Å². The lowest BCUT2D eigenvalue weighted by molar-refractivity contribution is 0.545. The number of hydrogen-bond donors (Lipinski definition) is 1. The number of unbranched alkanes of at least 4 members (excludes halogenated alkanes) is 1. The maximum atomic E-state index is 4.92. The van der Waals surface area contributed by atoms with Gasteiger partial charge < -0.3 is 0 Å². The second kappa shape index (κ2) is 10.8. The Morgan fingerprint density at radius 1 is 0.886 bits per heavy atom. The minimum atomic E-state index is 0.601. The van der Waals surface area contributed by atoms with Crippen LogP contribution < -0.4 is 0 Å². The fourth-order valence-electron chi connectivity index (χ4n) is 4.14. The van der Waals surface area contributed by atoms with Crippen molar-refractivity contribution in [2.45, 2.75) is 45.6 Å². The average molecular weight is 465 g/mol. The number of aromatic nitrogens is 8. The number of H-pyrrole nitrogens is 1. The maximum Gasteiger partial charge on any atom is 0.181 e. The molecule has 1 N–H and O–H groups in total. The summed E-state index contributed by atoms with van der Waals surface area (Å²) in [5.74, 6) is 2.54. The lowest BCUT2D eigenvalue weighted by atomic mass is 9.99. The summed E-state index contributed by atoms with van der Waals surface area (Å²) in [6.45, 7) is 3.10. The van der Waals surface area contributed by atoms with Crippen LogP contribution >= 0.6 is 0 Å². The number of aromatic amines is 1. The van der Waals surface area contributed by atoms with E-state index in [1.54, 1.807) is 12.4 Å². The van der Waals surface area contributed by atoms with Crippen LogP contribution in [0.5, 0.6) is 0 Å². The van der Waals surface area contributed by atoms with Crippen molar-refractivity contribution in [3.8, 4) is 22.5 Å². The lowest BCUT2D eigenvalue weighted by Gasteiger charge is -2.08. The highest BCUT2D eigenvalue weighted by Gasteiger charge is 2.13. The minimum absolute atomic E-state index is 0.601. The molecular formula is C27H28N8. The van der Waals surface area contributed by atoms with Gasteiger partial charge in [0.15, 0.2) is 11.6 Å². The first-order valence-electron chi connectivity index (χ1n) is 12.0. The zero-order valence-electron chi connectivity index (χ0n) is 19.8. The normalized spacial score (nSPS) is 11.1. The van der Waals surface area contributed by atoms with Crippen LogP contribution in [0.25, 0.3) is 22.5 Å². The molecule has 0 fully saturated rings. The van der Waals surface area contributed by atoms with Crippen LogP contribution in [0.2, 0.25) is 0 Å². The van der Waals surface area contributed by atoms with Gasteiger partial charge in [0.05, 0.1) is 0 Å². The van der Waals surface area contributed by atoms with Crippen molar-refractivity contribution < 1.29 is 0 Å². The zero-order chi connectivity index (χ0) is 23.9. The molecule has 3 heterocycles.